The van der Waals surface area contributed by atoms with Crippen LogP contribution in [-0.4, -0.2) is 48.2 Å². The van der Waals surface area contributed by atoms with Crippen molar-refractivity contribution >= 4 is 29.3 Å². The van der Waals surface area contributed by atoms with Crippen LogP contribution in [0.2, 0.25) is 0 Å². The summed E-state index contributed by atoms with van der Waals surface area (Å²) in [5.41, 5.74) is 2.76. The summed E-state index contributed by atoms with van der Waals surface area (Å²) in [5.74, 6) is -1.69. The number of nitrogens with zero attached hydrogens (tertiary/aromatic N) is 1. The molecule has 0 aliphatic rings. The Kier molecular flexibility index (Phi) is 8.51. The van der Waals surface area contributed by atoms with E-state index in [1.807, 2.05) is 32.9 Å². The van der Waals surface area contributed by atoms with Crippen LogP contribution in [0.15, 0.2) is 72.8 Å². The average molecular weight is 473 g/mol. The van der Waals surface area contributed by atoms with Crippen LogP contribution >= 0.6 is 0 Å². The van der Waals surface area contributed by atoms with Crippen molar-refractivity contribution in [2.45, 2.75) is 20.8 Å². The fraction of sp³-hybridized carbons (Fsp3) is 0.214. The number of carbonyl (C=O) groups is 4. The van der Waals surface area contributed by atoms with Gasteiger partial charge in [0.2, 0.25) is 0 Å². The van der Waals surface area contributed by atoms with Crippen molar-refractivity contribution in [2.75, 3.05) is 25.0 Å². The van der Waals surface area contributed by atoms with Crippen molar-refractivity contribution in [1.82, 2.24) is 4.90 Å². The molecule has 7 nitrogen and oxygen atoms in total. The topological polar surface area (TPSA) is 92.8 Å². The van der Waals surface area contributed by atoms with Gasteiger partial charge in [0, 0.05) is 35.5 Å². The summed E-state index contributed by atoms with van der Waals surface area (Å²) in [4.78, 5) is 52.0. The van der Waals surface area contributed by atoms with Crippen molar-refractivity contribution < 1.29 is 23.9 Å². The normalized spacial score (nSPS) is 10.4. The molecule has 0 unspecified atom stereocenters. The van der Waals surface area contributed by atoms with E-state index in [0.717, 1.165) is 5.56 Å². The largest absolute Gasteiger partial charge is 0.452 e. The van der Waals surface area contributed by atoms with Gasteiger partial charge in [0.15, 0.2) is 12.4 Å². The molecule has 2 amide bonds. The highest BCUT2D eigenvalue weighted by Gasteiger charge is 2.20. The van der Waals surface area contributed by atoms with Gasteiger partial charge >= 0.3 is 5.97 Å². The highest BCUT2D eigenvalue weighted by atomic mass is 16.5. The number of hydrogen-bond acceptors (Lipinski definition) is 5. The van der Waals surface area contributed by atoms with Gasteiger partial charge in [-0.15, -0.1) is 0 Å². The zero-order chi connectivity index (χ0) is 25.4. The van der Waals surface area contributed by atoms with E-state index in [1.165, 1.54) is 6.07 Å². The molecule has 0 aliphatic heterocycles. The lowest BCUT2D eigenvalue weighted by molar-refractivity contribution is -0.119. The second kappa shape index (κ2) is 11.7. The number of aryl methyl sites for hydroxylation is 1. The Morgan fingerprint density at radius 3 is 1.94 bits per heavy atom. The van der Waals surface area contributed by atoms with Crippen molar-refractivity contribution in [3.63, 3.8) is 0 Å². The third kappa shape index (κ3) is 6.41. The minimum Gasteiger partial charge on any atom is -0.452 e. The molecule has 3 rings (SSSR count). The number of nitrogens with one attached hydrogen (secondary N) is 1. The van der Waals surface area contributed by atoms with Gasteiger partial charge in [0.05, 0.1) is 5.56 Å². The van der Waals surface area contributed by atoms with Crippen molar-refractivity contribution in [3.05, 3.63) is 101 Å². The van der Waals surface area contributed by atoms with Crippen LogP contribution in [0.1, 0.15) is 56.0 Å². The van der Waals surface area contributed by atoms with Crippen molar-refractivity contribution in [3.8, 4) is 0 Å². The van der Waals surface area contributed by atoms with Crippen LogP contribution in [0.25, 0.3) is 0 Å². The molecule has 0 fully saturated rings. The molecule has 0 bridgehead atoms. The number of rotatable bonds is 9. The Hall–Kier alpha value is -4.26. The Morgan fingerprint density at radius 1 is 0.771 bits per heavy atom. The third-order valence-corrected chi connectivity index (χ3v) is 5.51. The lowest BCUT2D eigenvalue weighted by Crippen LogP contribution is -2.30. The molecule has 1 N–H and O–H groups in total. The number of hydrogen-bond donors (Lipinski definition) is 1. The number of amides is 2. The summed E-state index contributed by atoms with van der Waals surface area (Å²) in [6, 6.07) is 19.9. The molecule has 0 atom stereocenters. The second-order valence-electron chi connectivity index (χ2n) is 7.92. The number of ether oxygens (including phenoxy) is 1. The van der Waals surface area contributed by atoms with Gasteiger partial charge in [-0.2, -0.15) is 0 Å². The maximum absolute atomic E-state index is 12.9. The molecular weight excluding hydrogens is 444 g/mol. The number of anilines is 1. The highest BCUT2D eigenvalue weighted by molar-refractivity contribution is 6.14. The maximum Gasteiger partial charge on any atom is 0.339 e. The van der Waals surface area contributed by atoms with Gasteiger partial charge in [-0.25, -0.2) is 4.79 Å². The monoisotopic (exact) mass is 472 g/mol. The number of ketones is 1. The Labute approximate surface area is 204 Å². The van der Waals surface area contributed by atoms with E-state index in [1.54, 1.807) is 59.5 Å². The number of benzene rings is 3. The Morgan fingerprint density at radius 2 is 1.34 bits per heavy atom. The number of esters is 1. The summed E-state index contributed by atoms with van der Waals surface area (Å²) in [6.07, 6.45) is 0. The van der Waals surface area contributed by atoms with Crippen LogP contribution in [0.5, 0.6) is 0 Å². The standard InChI is InChI=1S/C28H28N2O5/c1-4-30(5-2)27(33)21-14-16-22(17-15-21)29-25(31)18-35-28(34)24-9-7-6-8-23(24)26(32)20-12-10-19(3)11-13-20/h6-17H,4-5,18H2,1-3H3,(H,29,31). The first-order valence-corrected chi connectivity index (χ1v) is 11.4. The molecule has 0 spiro atoms. The molecule has 35 heavy (non-hydrogen) atoms. The maximum atomic E-state index is 12.9. The Bertz CT molecular complexity index is 1210. The Balaban J connectivity index is 1.61. The van der Waals surface area contributed by atoms with E-state index in [-0.39, 0.29) is 22.8 Å². The zero-order valence-corrected chi connectivity index (χ0v) is 20.0. The van der Waals surface area contributed by atoms with Gasteiger partial charge in [-0.05, 0) is 51.1 Å². The van der Waals surface area contributed by atoms with E-state index < -0.39 is 18.5 Å². The molecule has 0 saturated heterocycles. The molecule has 180 valence electrons. The quantitative estimate of drug-likeness (QED) is 0.366. The molecule has 0 radical (unpaired) electrons. The van der Waals surface area contributed by atoms with E-state index in [2.05, 4.69) is 5.32 Å². The van der Waals surface area contributed by atoms with Gasteiger partial charge in [-0.1, -0.05) is 48.0 Å². The zero-order valence-electron chi connectivity index (χ0n) is 20.0. The van der Waals surface area contributed by atoms with Crippen LogP contribution in [0.3, 0.4) is 0 Å². The lowest BCUT2D eigenvalue weighted by Gasteiger charge is -2.18. The van der Waals surface area contributed by atoms with Crippen LogP contribution in [0.4, 0.5) is 5.69 Å². The van der Waals surface area contributed by atoms with Crippen LogP contribution in [-0.2, 0) is 9.53 Å². The van der Waals surface area contributed by atoms with E-state index >= 15 is 0 Å². The molecule has 0 heterocycles. The van der Waals surface area contributed by atoms with Gasteiger partial charge in [-0.3, -0.25) is 14.4 Å². The molecule has 0 saturated carbocycles. The fourth-order valence-electron chi connectivity index (χ4n) is 3.52. The predicted octanol–water partition coefficient (Wildman–Crippen LogP) is 4.50. The summed E-state index contributed by atoms with van der Waals surface area (Å²) in [5, 5.41) is 2.63. The predicted molar refractivity (Wildman–Crippen MR) is 134 cm³/mol. The summed E-state index contributed by atoms with van der Waals surface area (Å²) in [7, 11) is 0. The molecule has 3 aromatic rings. The van der Waals surface area contributed by atoms with E-state index in [9.17, 15) is 19.2 Å². The average Bonchev–Trinajstić information content (AvgIpc) is 2.88. The molecule has 7 heteroatoms. The highest BCUT2D eigenvalue weighted by Crippen LogP contribution is 2.17. The first-order valence-electron chi connectivity index (χ1n) is 11.4. The fourth-order valence-corrected chi connectivity index (χ4v) is 3.52. The first-order chi connectivity index (χ1) is 16.8. The van der Waals surface area contributed by atoms with E-state index in [0.29, 0.717) is 29.9 Å². The van der Waals surface area contributed by atoms with Crippen LogP contribution in [0, 0.1) is 6.92 Å². The molecule has 0 aromatic heterocycles. The first kappa shape index (κ1) is 25.4. The minimum absolute atomic E-state index is 0.0827. The molecule has 0 aliphatic carbocycles. The second-order valence-corrected chi connectivity index (χ2v) is 7.92. The summed E-state index contributed by atoms with van der Waals surface area (Å²) >= 11 is 0. The molecular formula is C28H28N2O5. The lowest BCUT2D eigenvalue weighted by atomic mass is 9.98. The molecule has 3 aromatic carbocycles. The SMILES string of the molecule is CCN(CC)C(=O)c1ccc(NC(=O)COC(=O)c2ccccc2C(=O)c2ccc(C)cc2)cc1. The van der Waals surface area contributed by atoms with Crippen LogP contribution < -0.4 is 5.32 Å². The third-order valence-electron chi connectivity index (χ3n) is 5.51. The van der Waals surface area contributed by atoms with Gasteiger partial charge in [0.1, 0.15) is 0 Å². The minimum atomic E-state index is -0.767. The van der Waals surface area contributed by atoms with Crippen molar-refractivity contribution in [2.24, 2.45) is 0 Å². The van der Waals surface area contributed by atoms with Crippen molar-refractivity contribution in [1.29, 1.82) is 0 Å². The van der Waals surface area contributed by atoms with Gasteiger partial charge < -0.3 is 15.0 Å². The van der Waals surface area contributed by atoms with E-state index in [4.69, 9.17) is 4.74 Å². The number of carbonyl (C=O) groups excluding carboxylic acids is 4. The van der Waals surface area contributed by atoms with Gasteiger partial charge in [0.25, 0.3) is 11.8 Å². The summed E-state index contributed by atoms with van der Waals surface area (Å²) in [6.45, 7) is 6.44. The summed E-state index contributed by atoms with van der Waals surface area (Å²) < 4.78 is 5.17. The smallest absolute Gasteiger partial charge is 0.339 e.